The number of hydrazone groups is 1. The van der Waals surface area contributed by atoms with Crippen molar-refractivity contribution in [2.75, 3.05) is 25.4 Å². The van der Waals surface area contributed by atoms with Crippen LogP contribution >= 0.6 is 0 Å². The van der Waals surface area contributed by atoms with Crippen molar-refractivity contribution in [3.8, 4) is 17.3 Å². The molecule has 1 aliphatic heterocycles. The van der Waals surface area contributed by atoms with Crippen LogP contribution in [0.4, 0.5) is 10.2 Å². The lowest BCUT2D eigenvalue weighted by molar-refractivity contribution is 0.0944. The molecule has 214 valence electrons. The standard InChI is InChI=1S/C27H30FN9O4/c1-2-39-23-14-18(10-11-22(23)40-17-19-8-4-5-9-20(19)28)15-30-32-27(38)24-21(16-36-12-6-3-7-13-36)31-35-37(24)26-25(29)33-41-34-26/h4-5,8-11,14-15H,2-3,6-7,12-13,16-17H2,1H3,(H2,29,33)(H,32,38)/b30-15-. The number of nitrogens with zero attached hydrogens (tertiary/aromatic N) is 7. The summed E-state index contributed by atoms with van der Waals surface area (Å²) in [5.74, 6) is 0.0341. The van der Waals surface area contributed by atoms with Crippen molar-refractivity contribution in [1.29, 1.82) is 0 Å². The summed E-state index contributed by atoms with van der Waals surface area (Å²) in [4.78, 5) is 15.5. The minimum absolute atomic E-state index is 0.0299. The van der Waals surface area contributed by atoms with Crippen LogP contribution in [0.5, 0.6) is 11.5 Å². The Morgan fingerprint density at radius 3 is 2.73 bits per heavy atom. The van der Waals surface area contributed by atoms with E-state index in [0.29, 0.717) is 41.5 Å². The molecular weight excluding hydrogens is 533 g/mol. The lowest BCUT2D eigenvalue weighted by atomic mass is 10.1. The predicted octanol–water partition coefficient (Wildman–Crippen LogP) is 3.10. The summed E-state index contributed by atoms with van der Waals surface area (Å²) >= 11 is 0. The number of aromatic nitrogens is 5. The van der Waals surface area contributed by atoms with Gasteiger partial charge in [-0.05, 0) is 73.0 Å². The van der Waals surface area contributed by atoms with Gasteiger partial charge in [0.05, 0.1) is 12.8 Å². The van der Waals surface area contributed by atoms with Crippen molar-refractivity contribution in [2.45, 2.75) is 39.3 Å². The van der Waals surface area contributed by atoms with E-state index < -0.39 is 5.91 Å². The first-order valence-electron chi connectivity index (χ1n) is 13.2. The van der Waals surface area contributed by atoms with Crippen LogP contribution < -0.4 is 20.6 Å². The van der Waals surface area contributed by atoms with Gasteiger partial charge in [0.25, 0.3) is 5.91 Å². The molecule has 3 N–H and O–H groups in total. The Balaban J connectivity index is 1.31. The molecular formula is C27H30FN9O4. The maximum Gasteiger partial charge on any atom is 0.292 e. The van der Waals surface area contributed by atoms with E-state index in [-0.39, 0.29) is 29.8 Å². The number of nitrogens with one attached hydrogen (secondary N) is 1. The van der Waals surface area contributed by atoms with Crippen molar-refractivity contribution < 1.29 is 23.3 Å². The minimum Gasteiger partial charge on any atom is -0.490 e. The fourth-order valence-electron chi connectivity index (χ4n) is 4.44. The summed E-state index contributed by atoms with van der Waals surface area (Å²) in [6.07, 6.45) is 4.80. The van der Waals surface area contributed by atoms with Crippen LogP contribution in [-0.4, -0.2) is 62.0 Å². The van der Waals surface area contributed by atoms with Gasteiger partial charge in [0.2, 0.25) is 11.6 Å². The van der Waals surface area contributed by atoms with Crippen molar-refractivity contribution >= 4 is 17.9 Å². The summed E-state index contributed by atoms with van der Waals surface area (Å²) in [6, 6.07) is 11.6. The van der Waals surface area contributed by atoms with Crippen molar-refractivity contribution in [2.24, 2.45) is 5.10 Å². The average Bonchev–Trinajstić information content (AvgIpc) is 3.59. The van der Waals surface area contributed by atoms with Crippen molar-refractivity contribution in [3.05, 3.63) is 70.8 Å². The molecule has 1 amide bonds. The highest BCUT2D eigenvalue weighted by Crippen LogP contribution is 2.29. The highest BCUT2D eigenvalue weighted by Gasteiger charge is 2.26. The summed E-state index contributed by atoms with van der Waals surface area (Å²) < 4.78 is 31.4. The third-order valence-corrected chi connectivity index (χ3v) is 6.46. The lowest BCUT2D eigenvalue weighted by Crippen LogP contribution is -2.31. The Kier molecular flexibility index (Phi) is 8.79. The zero-order chi connectivity index (χ0) is 28.6. The highest BCUT2D eigenvalue weighted by molar-refractivity contribution is 5.95. The quantitative estimate of drug-likeness (QED) is 0.205. The Morgan fingerprint density at radius 1 is 1.15 bits per heavy atom. The Hall–Kier alpha value is -4.85. The van der Waals surface area contributed by atoms with Crippen LogP contribution in [0, 0.1) is 5.82 Å². The van der Waals surface area contributed by atoms with Gasteiger partial charge in [0.15, 0.2) is 17.2 Å². The van der Waals surface area contributed by atoms with Crippen LogP contribution in [0.1, 0.15) is 53.5 Å². The highest BCUT2D eigenvalue weighted by atomic mass is 19.1. The van der Waals surface area contributed by atoms with Gasteiger partial charge in [-0.1, -0.05) is 29.8 Å². The van der Waals surface area contributed by atoms with E-state index >= 15 is 0 Å². The van der Waals surface area contributed by atoms with Crippen LogP contribution in [-0.2, 0) is 13.2 Å². The van der Waals surface area contributed by atoms with Crippen LogP contribution in [0.3, 0.4) is 0 Å². The smallest absolute Gasteiger partial charge is 0.292 e. The Labute approximate surface area is 235 Å². The maximum atomic E-state index is 14.0. The molecule has 41 heavy (non-hydrogen) atoms. The number of halogens is 1. The number of piperidine rings is 1. The zero-order valence-corrected chi connectivity index (χ0v) is 22.5. The number of benzene rings is 2. The number of hydrogen-bond acceptors (Lipinski definition) is 11. The van der Waals surface area contributed by atoms with Crippen LogP contribution in [0.2, 0.25) is 0 Å². The van der Waals surface area contributed by atoms with E-state index in [4.69, 9.17) is 19.8 Å². The largest absolute Gasteiger partial charge is 0.490 e. The van der Waals surface area contributed by atoms with Gasteiger partial charge in [-0.15, -0.1) is 5.10 Å². The summed E-state index contributed by atoms with van der Waals surface area (Å²) in [5, 5.41) is 19.8. The monoisotopic (exact) mass is 563 g/mol. The first-order valence-corrected chi connectivity index (χ1v) is 13.2. The number of anilines is 1. The van der Waals surface area contributed by atoms with E-state index in [1.54, 1.807) is 36.4 Å². The number of likely N-dealkylation sites (tertiary alicyclic amines) is 1. The SMILES string of the molecule is CCOc1cc(/C=N\NC(=O)c2c(CN3CCCCC3)nnn2-c2nonc2N)ccc1OCc1ccccc1F. The molecule has 0 spiro atoms. The fraction of sp³-hybridized carbons (Fsp3) is 0.333. The molecule has 2 aromatic heterocycles. The second kappa shape index (κ2) is 13.0. The number of rotatable bonds is 11. The van der Waals surface area contributed by atoms with Crippen molar-refractivity contribution in [3.63, 3.8) is 0 Å². The average molecular weight is 564 g/mol. The van der Waals surface area contributed by atoms with Crippen LogP contribution in [0.15, 0.2) is 52.2 Å². The lowest BCUT2D eigenvalue weighted by Gasteiger charge is -2.25. The topological polar surface area (TPSA) is 159 Å². The molecule has 5 rings (SSSR count). The van der Waals surface area contributed by atoms with Gasteiger partial charge in [0.1, 0.15) is 18.1 Å². The molecule has 3 heterocycles. The molecule has 0 radical (unpaired) electrons. The third-order valence-electron chi connectivity index (χ3n) is 6.46. The molecule has 4 aromatic rings. The number of carbonyl (C=O) groups is 1. The fourth-order valence-corrected chi connectivity index (χ4v) is 4.44. The third kappa shape index (κ3) is 6.66. The predicted molar refractivity (Wildman–Crippen MR) is 146 cm³/mol. The Bertz CT molecular complexity index is 1510. The van der Waals surface area contributed by atoms with E-state index in [1.807, 2.05) is 6.92 Å². The van der Waals surface area contributed by atoms with Gasteiger partial charge in [-0.3, -0.25) is 9.69 Å². The number of hydrogen-bond donors (Lipinski definition) is 2. The van der Waals surface area contributed by atoms with E-state index in [9.17, 15) is 9.18 Å². The number of amides is 1. The van der Waals surface area contributed by atoms with Crippen molar-refractivity contribution in [1.82, 2.24) is 35.6 Å². The van der Waals surface area contributed by atoms with Gasteiger partial charge in [-0.25, -0.2) is 14.4 Å². The molecule has 1 fully saturated rings. The van der Waals surface area contributed by atoms with E-state index in [1.165, 1.54) is 23.4 Å². The second-order valence-corrected chi connectivity index (χ2v) is 9.32. The zero-order valence-electron chi connectivity index (χ0n) is 22.5. The number of nitrogen functional groups attached to an aromatic ring is 1. The molecule has 1 aliphatic rings. The molecule has 13 nitrogen and oxygen atoms in total. The molecule has 14 heteroatoms. The minimum atomic E-state index is -0.560. The Morgan fingerprint density at radius 2 is 1.98 bits per heavy atom. The second-order valence-electron chi connectivity index (χ2n) is 9.32. The first kappa shape index (κ1) is 27.7. The molecule has 0 aliphatic carbocycles. The molecule has 1 saturated heterocycles. The van der Waals surface area contributed by atoms with E-state index in [0.717, 1.165) is 25.9 Å². The maximum absolute atomic E-state index is 14.0. The summed E-state index contributed by atoms with van der Waals surface area (Å²) in [5.41, 5.74) is 10.0. The van der Waals surface area contributed by atoms with Gasteiger partial charge in [-0.2, -0.15) is 9.78 Å². The summed E-state index contributed by atoms with van der Waals surface area (Å²) in [6.45, 7) is 4.53. The molecule has 0 bridgehead atoms. The first-order chi connectivity index (χ1) is 20.0. The normalized spacial score (nSPS) is 13.9. The molecule has 0 unspecified atom stereocenters. The summed E-state index contributed by atoms with van der Waals surface area (Å²) in [7, 11) is 0. The number of carbonyl (C=O) groups excluding carboxylic acids is 1. The van der Waals surface area contributed by atoms with E-state index in [2.05, 4.69) is 36.1 Å². The van der Waals surface area contributed by atoms with Gasteiger partial charge in [0, 0.05) is 12.1 Å². The van der Waals surface area contributed by atoms with Gasteiger partial charge >= 0.3 is 0 Å². The number of nitrogens with two attached hydrogens (primary N) is 1. The molecule has 0 saturated carbocycles. The molecule has 2 aromatic carbocycles. The van der Waals surface area contributed by atoms with Gasteiger partial charge < -0.3 is 15.2 Å². The number of ether oxygens (including phenoxy) is 2. The van der Waals surface area contributed by atoms with Crippen LogP contribution in [0.25, 0.3) is 5.82 Å². The molecule has 0 atom stereocenters.